The molecule has 6 nitrogen and oxygen atoms in total. The van der Waals surface area contributed by atoms with Gasteiger partial charge < -0.3 is 4.42 Å². The first-order chi connectivity index (χ1) is 14.2. The van der Waals surface area contributed by atoms with E-state index in [0.29, 0.717) is 17.5 Å². The largest absolute Gasteiger partial charge is 0.416 e. The van der Waals surface area contributed by atoms with Crippen molar-refractivity contribution in [2.75, 3.05) is 4.90 Å². The van der Waals surface area contributed by atoms with Crippen LogP contribution < -0.4 is 4.90 Å². The van der Waals surface area contributed by atoms with Crippen LogP contribution in [0.15, 0.2) is 51.5 Å². The Morgan fingerprint density at radius 2 is 2.03 bits per heavy atom. The Kier molecular flexibility index (Phi) is 6.61. The fourth-order valence-corrected chi connectivity index (χ4v) is 5.10. The maximum atomic E-state index is 13.3. The molecule has 1 atom stereocenters. The summed E-state index contributed by atoms with van der Waals surface area (Å²) in [7, 11) is 0. The van der Waals surface area contributed by atoms with Crippen LogP contribution in [-0.4, -0.2) is 32.4 Å². The molecule has 2 aromatic heterocycles. The number of thioether (sulfide) groups is 1. The van der Waals surface area contributed by atoms with Crippen LogP contribution in [0.25, 0.3) is 0 Å². The monoisotopic (exact) mass is 428 g/mol. The molecule has 0 radical (unpaired) electrons. The van der Waals surface area contributed by atoms with E-state index in [1.807, 2.05) is 47.5 Å². The van der Waals surface area contributed by atoms with E-state index in [1.165, 1.54) is 29.5 Å². The maximum absolute atomic E-state index is 13.3. The summed E-state index contributed by atoms with van der Waals surface area (Å²) < 4.78 is 5.78. The van der Waals surface area contributed by atoms with Crippen molar-refractivity contribution >= 4 is 34.1 Å². The van der Waals surface area contributed by atoms with E-state index >= 15 is 0 Å². The van der Waals surface area contributed by atoms with Gasteiger partial charge in [-0.25, -0.2) is 4.98 Å². The molecule has 1 fully saturated rings. The molecule has 2 heterocycles. The average Bonchev–Trinajstić information content (AvgIpc) is 3.42. The maximum Gasteiger partial charge on any atom is 0.277 e. The zero-order valence-electron chi connectivity index (χ0n) is 16.4. The minimum absolute atomic E-state index is 0.0552. The standard InChI is InChI=1S/C21H24N4O2S2/c1-15(29-21-24-23-18(27-21)14-16-8-4-2-5-9-16)19(26)25(20-22-12-13-28-20)17-10-6-3-7-11-17/h2,4-5,8-9,12-13,15,17H,3,6-7,10-11,14H2,1H3. The van der Waals surface area contributed by atoms with Crippen molar-refractivity contribution in [3.05, 3.63) is 53.4 Å². The summed E-state index contributed by atoms with van der Waals surface area (Å²) in [6.45, 7) is 1.90. The van der Waals surface area contributed by atoms with Gasteiger partial charge in [-0.15, -0.1) is 21.5 Å². The minimum Gasteiger partial charge on any atom is -0.416 e. The Balaban J connectivity index is 1.44. The van der Waals surface area contributed by atoms with Crippen LogP contribution >= 0.6 is 23.1 Å². The summed E-state index contributed by atoms with van der Waals surface area (Å²) in [5, 5.41) is 11.1. The van der Waals surface area contributed by atoms with Crippen LogP contribution in [0.2, 0.25) is 0 Å². The molecule has 0 spiro atoms. The zero-order chi connectivity index (χ0) is 20.1. The summed E-state index contributed by atoms with van der Waals surface area (Å²) in [4.78, 5) is 19.6. The van der Waals surface area contributed by atoms with Crippen molar-refractivity contribution in [1.82, 2.24) is 15.2 Å². The number of carbonyl (C=O) groups excluding carboxylic acids is 1. The quantitative estimate of drug-likeness (QED) is 0.495. The molecule has 1 saturated carbocycles. The third-order valence-electron chi connectivity index (χ3n) is 5.07. The van der Waals surface area contributed by atoms with Crippen LogP contribution in [0.3, 0.4) is 0 Å². The predicted molar refractivity (Wildman–Crippen MR) is 115 cm³/mol. The van der Waals surface area contributed by atoms with Gasteiger partial charge in [-0.3, -0.25) is 9.69 Å². The summed E-state index contributed by atoms with van der Waals surface area (Å²) in [5.41, 5.74) is 1.11. The highest BCUT2D eigenvalue weighted by molar-refractivity contribution is 8.00. The number of amides is 1. The first kappa shape index (κ1) is 20.1. The Hall–Kier alpha value is -2.19. The zero-order valence-corrected chi connectivity index (χ0v) is 18.0. The number of hydrogen-bond donors (Lipinski definition) is 0. The molecular weight excluding hydrogens is 404 g/mol. The lowest BCUT2D eigenvalue weighted by Gasteiger charge is -2.33. The molecule has 0 saturated heterocycles. The highest BCUT2D eigenvalue weighted by Gasteiger charge is 2.32. The lowest BCUT2D eigenvalue weighted by atomic mass is 9.94. The minimum atomic E-state index is -0.328. The Morgan fingerprint density at radius 1 is 1.24 bits per heavy atom. The smallest absolute Gasteiger partial charge is 0.277 e. The molecule has 4 rings (SSSR count). The van der Waals surface area contributed by atoms with Crippen molar-refractivity contribution in [3.63, 3.8) is 0 Å². The highest BCUT2D eigenvalue weighted by atomic mass is 32.2. The number of hydrogen-bond acceptors (Lipinski definition) is 7. The van der Waals surface area contributed by atoms with Crippen molar-refractivity contribution in [1.29, 1.82) is 0 Å². The summed E-state index contributed by atoms with van der Waals surface area (Å²) in [6, 6.07) is 10.2. The second-order valence-electron chi connectivity index (χ2n) is 7.20. The molecule has 1 amide bonds. The molecule has 1 aromatic carbocycles. The number of carbonyl (C=O) groups is 1. The number of benzene rings is 1. The number of rotatable bonds is 7. The van der Waals surface area contributed by atoms with Crippen LogP contribution in [0.4, 0.5) is 5.13 Å². The molecular formula is C21H24N4O2S2. The van der Waals surface area contributed by atoms with Crippen LogP contribution in [0.1, 0.15) is 50.5 Å². The van der Waals surface area contributed by atoms with Gasteiger partial charge >= 0.3 is 0 Å². The number of thiazole rings is 1. The van der Waals surface area contributed by atoms with E-state index < -0.39 is 0 Å². The Morgan fingerprint density at radius 3 is 2.76 bits per heavy atom. The number of aromatic nitrogens is 3. The Labute approximate surface area is 178 Å². The van der Waals surface area contributed by atoms with Crippen molar-refractivity contribution in [3.8, 4) is 0 Å². The normalized spacial score (nSPS) is 15.9. The van der Waals surface area contributed by atoms with E-state index in [0.717, 1.165) is 36.4 Å². The summed E-state index contributed by atoms with van der Waals surface area (Å²) in [5.74, 6) is 0.613. The van der Waals surface area contributed by atoms with Gasteiger partial charge in [0.1, 0.15) is 0 Å². The molecule has 1 aliphatic rings. The van der Waals surface area contributed by atoms with E-state index in [-0.39, 0.29) is 17.2 Å². The van der Waals surface area contributed by atoms with Crippen LogP contribution in [0, 0.1) is 0 Å². The third-order valence-corrected chi connectivity index (χ3v) is 6.77. The van der Waals surface area contributed by atoms with Crippen molar-refractivity contribution in [2.24, 2.45) is 0 Å². The second-order valence-corrected chi connectivity index (χ2v) is 9.36. The van der Waals surface area contributed by atoms with Gasteiger partial charge in [0.05, 0.1) is 11.7 Å². The lowest BCUT2D eigenvalue weighted by Crippen LogP contribution is -2.45. The molecule has 0 N–H and O–H groups in total. The molecule has 1 aliphatic carbocycles. The molecule has 152 valence electrons. The molecule has 29 heavy (non-hydrogen) atoms. The van der Waals surface area contributed by atoms with Crippen molar-refractivity contribution < 1.29 is 9.21 Å². The van der Waals surface area contributed by atoms with E-state index in [4.69, 9.17) is 4.42 Å². The molecule has 3 aromatic rings. The van der Waals surface area contributed by atoms with Crippen molar-refractivity contribution in [2.45, 2.75) is 62.0 Å². The van der Waals surface area contributed by atoms with E-state index in [1.54, 1.807) is 6.20 Å². The third kappa shape index (κ3) is 5.05. The van der Waals surface area contributed by atoms with E-state index in [2.05, 4.69) is 15.2 Å². The van der Waals surface area contributed by atoms with Gasteiger partial charge in [0.25, 0.3) is 5.22 Å². The number of anilines is 1. The molecule has 0 bridgehead atoms. The predicted octanol–water partition coefficient (Wildman–Crippen LogP) is 4.96. The first-order valence-electron chi connectivity index (χ1n) is 9.96. The van der Waals surface area contributed by atoms with Gasteiger partial charge in [0.2, 0.25) is 11.8 Å². The Bertz CT molecular complexity index is 908. The van der Waals surface area contributed by atoms with Crippen LogP contribution in [-0.2, 0) is 11.2 Å². The van der Waals surface area contributed by atoms with Gasteiger partial charge in [0, 0.05) is 17.6 Å². The summed E-state index contributed by atoms with van der Waals surface area (Å²) >= 11 is 2.83. The SMILES string of the molecule is CC(Sc1nnc(Cc2ccccc2)o1)C(=O)N(c1nccs1)C1CCCCC1. The lowest BCUT2D eigenvalue weighted by molar-refractivity contribution is -0.118. The fourth-order valence-electron chi connectivity index (χ4n) is 3.63. The van der Waals surface area contributed by atoms with Crippen LogP contribution in [0.5, 0.6) is 0 Å². The molecule has 0 aliphatic heterocycles. The van der Waals surface area contributed by atoms with Gasteiger partial charge in [-0.1, -0.05) is 61.4 Å². The van der Waals surface area contributed by atoms with Gasteiger partial charge in [-0.2, -0.15) is 0 Å². The van der Waals surface area contributed by atoms with Gasteiger partial charge in [-0.05, 0) is 25.3 Å². The second kappa shape index (κ2) is 9.54. The first-order valence-corrected chi connectivity index (χ1v) is 11.7. The topological polar surface area (TPSA) is 72.1 Å². The molecule has 8 heteroatoms. The summed E-state index contributed by atoms with van der Waals surface area (Å²) in [6.07, 6.45) is 7.97. The highest BCUT2D eigenvalue weighted by Crippen LogP contribution is 2.32. The fraction of sp³-hybridized carbons (Fsp3) is 0.429. The van der Waals surface area contributed by atoms with E-state index in [9.17, 15) is 4.79 Å². The van der Waals surface area contributed by atoms with Gasteiger partial charge in [0.15, 0.2) is 5.13 Å². The molecule has 1 unspecified atom stereocenters. The number of nitrogens with zero attached hydrogens (tertiary/aromatic N) is 4. The average molecular weight is 429 g/mol.